The minimum atomic E-state index is -5.00. The van der Waals surface area contributed by atoms with E-state index in [2.05, 4.69) is 119 Å². The first kappa shape index (κ1) is 95.7. The van der Waals surface area contributed by atoms with E-state index in [1.807, 2.05) is 18.2 Å². The van der Waals surface area contributed by atoms with Gasteiger partial charge in [0.2, 0.25) is 0 Å². The molecule has 576 valence electrons. The number of ether oxygens (including phenoxy) is 4. The number of allylic oxidation sites excluding steroid dienone is 18. The molecular weight excluding hydrogens is 1310 g/mol. The lowest BCUT2D eigenvalue weighted by atomic mass is 10.1. The van der Waals surface area contributed by atoms with Crippen LogP contribution in [-0.2, 0) is 65.4 Å². The van der Waals surface area contributed by atoms with Crippen LogP contribution in [0.4, 0.5) is 0 Å². The minimum Gasteiger partial charge on any atom is -0.462 e. The van der Waals surface area contributed by atoms with E-state index in [-0.39, 0.29) is 25.7 Å². The summed E-state index contributed by atoms with van der Waals surface area (Å²) in [5, 5.41) is 10.6. The zero-order valence-electron chi connectivity index (χ0n) is 62.8. The number of unbranched alkanes of at least 4 members (excludes halogenated alkanes) is 29. The molecule has 19 heteroatoms. The second-order valence-electron chi connectivity index (χ2n) is 25.9. The smallest absolute Gasteiger partial charge is 0.462 e. The summed E-state index contributed by atoms with van der Waals surface area (Å²) in [4.78, 5) is 72.9. The van der Waals surface area contributed by atoms with Crippen molar-refractivity contribution in [1.29, 1.82) is 0 Å². The third-order valence-corrected chi connectivity index (χ3v) is 18.1. The lowest BCUT2D eigenvalue weighted by molar-refractivity contribution is -0.161. The van der Waals surface area contributed by atoms with E-state index >= 15 is 0 Å². The van der Waals surface area contributed by atoms with Crippen molar-refractivity contribution in [2.75, 3.05) is 39.6 Å². The number of rotatable bonds is 73. The topological polar surface area (TPSA) is 237 Å². The first-order valence-corrected chi connectivity index (χ1v) is 42.1. The fourth-order valence-corrected chi connectivity index (χ4v) is 11.8. The molecule has 0 spiro atoms. The van der Waals surface area contributed by atoms with Crippen LogP contribution in [0.25, 0.3) is 0 Å². The predicted octanol–water partition coefficient (Wildman–Crippen LogP) is 22.6. The van der Waals surface area contributed by atoms with Crippen LogP contribution in [0, 0.1) is 0 Å². The summed E-state index contributed by atoms with van der Waals surface area (Å²) in [6, 6.07) is 0. The largest absolute Gasteiger partial charge is 0.472 e. The average molecular weight is 1450 g/mol. The van der Waals surface area contributed by atoms with Gasteiger partial charge in [-0.15, -0.1) is 0 Å². The van der Waals surface area contributed by atoms with E-state index in [0.29, 0.717) is 32.1 Å². The van der Waals surface area contributed by atoms with Crippen molar-refractivity contribution < 1.29 is 80.2 Å². The summed E-state index contributed by atoms with van der Waals surface area (Å²) in [6.07, 6.45) is 78.0. The standard InChI is InChI=1S/C81H140O17P2/c1-5-9-13-17-21-25-29-33-35-36-37-38-40-44-48-52-56-60-64-68-81(86)98-77(72-92-79(84)66-62-58-54-50-46-42-32-28-24-20-16-12-8-4)74-96-100(89,90)94-70-75(82)69-93-99(87,88)95-73-76(71-91-78(83)65-61-57-53-49-45-41-31-27-23-19-15-11-7-3)97-80(85)67-63-59-55-51-47-43-39-34-30-26-22-18-14-10-6-2/h9,13,21,25-28,30-33,35,37-38,44,48,56,60,75-77,82H,5-8,10-12,14-20,22-24,29,34,36,39-43,45-47,49-55,57-59,61-74H2,1-4H3,(H,87,88)(H,89,90)/b13-9-,25-21-,30-26-,31-27-,32-28-,35-33-,38-37-,48-44-,60-56-/t75-,76+,77+/m0/s1. The zero-order chi connectivity index (χ0) is 73.2. The van der Waals surface area contributed by atoms with Gasteiger partial charge >= 0.3 is 39.5 Å². The summed E-state index contributed by atoms with van der Waals surface area (Å²) in [5.41, 5.74) is 0. The maximum Gasteiger partial charge on any atom is 0.472 e. The van der Waals surface area contributed by atoms with Crippen molar-refractivity contribution >= 4 is 39.5 Å². The van der Waals surface area contributed by atoms with Crippen LogP contribution in [0.3, 0.4) is 0 Å². The van der Waals surface area contributed by atoms with Gasteiger partial charge in [0.1, 0.15) is 19.3 Å². The highest BCUT2D eigenvalue weighted by atomic mass is 31.2. The van der Waals surface area contributed by atoms with E-state index < -0.39 is 97.5 Å². The van der Waals surface area contributed by atoms with E-state index in [4.69, 9.17) is 37.0 Å². The van der Waals surface area contributed by atoms with Crippen LogP contribution in [0.5, 0.6) is 0 Å². The Hall–Kier alpha value is -4.28. The Kier molecular flexibility index (Phi) is 69.9. The third-order valence-electron chi connectivity index (χ3n) is 16.2. The molecule has 3 N–H and O–H groups in total. The number of hydrogen-bond acceptors (Lipinski definition) is 15. The lowest BCUT2D eigenvalue weighted by Gasteiger charge is -2.21. The predicted molar refractivity (Wildman–Crippen MR) is 408 cm³/mol. The molecule has 0 rings (SSSR count). The van der Waals surface area contributed by atoms with Gasteiger partial charge in [0, 0.05) is 25.7 Å². The van der Waals surface area contributed by atoms with Crippen LogP contribution in [-0.4, -0.2) is 96.7 Å². The van der Waals surface area contributed by atoms with E-state index in [0.717, 1.165) is 161 Å². The first-order chi connectivity index (χ1) is 48.7. The molecular formula is C81H140O17P2. The Morgan fingerprint density at radius 2 is 0.540 bits per heavy atom. The molecule has 17 nitrogen and oxygen atoms in total. The van der Waals surface area contributed by atoms with Gasteiger partial charge in [-0.3, -0.25) is 37.3 Å². The SMILES string of the molecule is CC/C=C\C/C=C\C/C=C\C/C=C\C/C=C\C/C=C\CCC(=O)O[C@H](COC(=O)CCCCCCC/C=C\CCCCCC)COP(=O)(O)OC[C@@H](O)COP(=O)(O)OC[C@@H](COC(=O)CCCCCCC/C=C\CCCCCC)OC(=O)CCCCCCCCC/C=C\CCCCCC. The molecule has 0 aromatic carbocycles. The average Bonchev–Trinajstić information content (AvgIpc) is 1.01. The van der Waals surface area contributed by atoms with E-state index in [1.54, 1.807) is 0 Å². The molecule has 0 saturated carbocycles. The van der Waals surface area contributed by atoms with Crippen molar-refractivity contribution in [1.82, 2.24) is 0 Å². The summed E-state index contributed by atoms with van der Waals surface area (Å²) >= 11 is 0. The van der Waals surface area contributed by atoms with E-state index in [9.17, 15) is 43.2 Å². The van der Waals surface area contributed by atoms with Gasteiger partial charge < -0.3 is 33.8 Å². The number of phosphoric acid groups is 2. The monoisotopic (exact) mass is 1450 g/mol. The molecule has 0 aliphatic rings. The maximum atomic E-state index is 13.1. The molecule has 100 heavy (non-hydrogen) atoms. The number of carbonyl (C=O) groups excluding carboxylic acids is 4. The Morgan fingerprint density at radius 3 is 0.860 bits per heavy atom. The highest BCUT2D eigenvalue weighted by Gasteiger charge is 2.30. The van der Waals surface area contributed by atoms with Gasteiger partial charge in [-0.05, 0) is 141 Å². The summed E-state index contributed by atoms with van der Waals surface area (Å²) in [7, 11) is -9.98. The Balaban J connectivity index is 5.42. The number of esters is 4. The Morgan fingerprint density at radius 1 is 0.290 bits per heavy atom. The normalized spacial score (nSPS) is 14.5. The molecule has 0 fully saturated rings. The zero-order valence-corrected chi connectivity index (χ0v) is 64.6. The Bertz CT molecular complexity index is 2320. The van der Waals surface area contributed by atoms with Gasteiger partial charge in [0.15, 0.2) is 12.2 Å². The third kappa shape index (κ3) is 72.1. The molecule has 0 aromatic heterocycles. The van der Waals surface area contributed by atoms with Gasteiger partial charge in [0.25, 0.3) is 0 Å². The molecule has 0 aliphatic heterocycles. The van der Waals surface area contributed by atoms with Crippen molar-refractivity contribution in [2.45, 2.75) is 341 Å². The fourth-order valence-electron chi connectivity index (χ4n) is 10.2. The Labute approximate surface area is 607 Å². The van der Waals surface area contributed by atoms with Crippen LogP contribution in [0.2, 0.25) is 0 Å². The van der Waals surface area contributed by atoms with Crippen LogP contribution < -0.4 is 0 Å². The van der Waals surface area contributed by atoms with Crippen LogP contribution >= 0.6 is 15.6 Å². The molecule has 0 radical (unpaired) electrons. The van der Waals surface area contributed by atoms with Crippen molar-refractivity contribution in [3.8, 4) is 0 Å². The van der Waals surface area contributed by atoms with Crippen molar-refractivity contribution in [3.63, 3.8) is 0 Å². The van der Waals surface area contributed by atoms with Crippen molar-refractivity contribution in [3.05, 3.63) is 109 Å². The molecule has 0 amide bonds. The molecule has 0 bridgehead atoms. The van der Waals surface area contributed by atoms with E-state index in [1.165, 1.54) is 77.0 Å². The second-order valence-corrected chi connectivity index (χ2v) is 28.8. The van der Waals surface area contributed by atoms with Gasteiger partial charge in [-0.1, -0.05) is 265 Å². The van der Waals surface area contributed by atoms with Crippen molar-refractivity contribution in [2.24, 2.45) is 0 Å². The highest BCUT2D eigenvalue weighted by Crippen LogP contribution is 2.45. The quantitative estimate of drug-likeness (QED) is 0.0169. The van der Waals surface area contributed by atoms with Gasteiger partial charge in [-0.2, -0.15) is 0 Å². The molecule has 0 saturated heterocycles. The number of hydrogen-bond donors (Lipinski definition) is 3. The number of aliphatic hydroxyl groups excluding tert-OH is 1. The summed E-state index contributed by atoms with van der Waals surface area (Å²) in [6.45, 7) is 4.63. The molecule has 2 unspecified atom stereocenters. The molecule has 0 aliphatic carbocycles. The number of phosphoric ester groups is 2. The second kappa shape index (κ2) is 73.0. The molecule has 0 heterocycles. The molecule has 5 atom stereocenters. The fraction of sp³-hybridized carbons (Fsp3) is 0.728. The van der Waals surface area contributed by atoms with Crippen LogP contribution in [0.15, 0.2) is 109 Å². The van der Waals surface area contributed by atoms with Gasteiger partial charge in [0.05, 0.1) is 26.4 Å². The maximum absolute atomic E-state index is 13.1. The minimum absolute atomic E-state index is 0.0326. The summed E-state index contributed by atoms with van der Waals surface area (Å²) in [5.74, 6) is -2.29. The first-order valence-electron chi connectivity index (χ1n) is 39.1. The number of aliphatic hydroxyl groups is 1. The molecule has 0 aromatic rings. The highest BCUT2D eigenvalue weighted by molar-refractivity contribution is 7.47. The van der Waals surface area contributed by atoms with Crippen LogP contribution in [0.1, 0.15) is 323 Å². The lowest BCUT2D eigenvalue weighted by Crippen LogP contribution is -2.30. The number of carbonyl (C=O) groups is 4. The van der Waals surface area contributed by atoms with Gasteiger partial charge in [-0.25, -0.2) is 9.13 Å². The summed E-state index contributed by atoms with van der Waals surface area (Å²) < 4.78 is 68.4.